The molecule has 1 aliphatic carbocycles. The Balaban J connectivity index is 1.45. The number of carbonyl (C=O) groups excluding carboxylic acids is 2. The van der Waals surface area contributed by atoms with Gasteiger partial charge in [-0.3, -0.25) is 9.69 Å². The van der Waals surface area contributed by atoms with E-state index >= 15 is 0 Å². The lowest BCUT2D eigenvalue weighted by molar-refractivity contribution is -0.121. The number of rotatable bonds is 5. The maximum absolute atomic E-state index is 13.1. The van der Waals surface area contributed by atoms with E-state index in [4.69, 9.17) is 4.74 Å². The number of esters is 1. The molecule has 0 bridgehead atoms. The minimum absolute atomic E-state index is 0.0132. The predicted octanol–water partition coefficient (Wildman–Crippen LogP) is 5.03. The molecule has 0 radical (unpaired) electrons. The largest absolute Gasteiger partial charge is 0.465 e. The first-order chi connectivity index (χ1) is 14.5. The number of fused-ring (bicyclic) bond motifs is 1. The fraction of sp³-hybridized carbons (Fsp3) is 0.478. The Hall–Kier alpha value is -1.70. The number of likely N-dealkylation sites (tertiary alicyclic amines) is 1. The molecule has 1 saturated heterocycles. The maximum Gasteiger partial charge on any atom is 0.341 e. The molecule has 1 aromatic heterocycles. The molecule has 160 valence electrons. The summed E-state index contributed by atoms with van der Waals surface area (Å²) in [6.07, 6.45) is 5.95. The standard InChI is InChI=1S/C23H27BrN2O3S/c1-29-23(28)20-18-6-2-3-7-19(18)30-22(20)25-21(27)16-5-4-12-26(14-16)13-15-8-10-17(24)11-9-15/h8-11,16H,2-7,12-14H2,1H3,(H,25,27). The summed E-state index contributed by atoms with van der Waals surface area (Å²) >= 11 is 5.03. The van der Waals surface area contributed by atoms with Gasteiger partial charge < -0.3 is 10.1 Å². The second-order valence-corrected chi connectivity index (χ2v) is 10.1. The van der Waals surface area contributed by atoms with Gasteiger partial charge in [0.05, 0.1) is 18.6 Å². The number of anilines is 1. The van der Waals surface area contributed by atoms with E-state index in [1.54, 1.807) is 11.3 Å². The Labute approximate surface area is 189 Å². The SMILES string of the molecule is COC(=O)c1c(NC(=O)C2CCCN(Cc3ccc(Br)cc3)C2)sc2c1CCCC2. The number of carbonyl (C=O) groups is 2. The van der Waals surface area contributed by atoms with Gasteiger partial charge in [0.1, 0.15) is 5.00 Å². The van der Waals surface area contributed by atoms with Crippen LogP contribution in [0.2, 0.25) is 0 Å². The van der Waals surface area contributed by atoms with Crippen molar-refractivity contribution in [3.63, 3.8) is 0 Å². The molecule has 0 saturated carbocycles. The molecule has 1 aliphatic heterocycles. The van der Waals surface area contributed by atoms with Crippen LogP contribution in [0.4, 0.5) is 5.00 Å². The highest BCUT2D eigenvalue weighted by Gasteiger charge is 2.30. The number of ether oxygens (including phenoxy) is 1. The van der Waals surface area contributed by atoms with Crippen LogP contribution < -0.4 is 5.32 Å². The Bertz CT molecular complexity index is 925. The number of benzene rings is 1. The van der Waals surface area contributed by atoms with E-state index in [1.807, 2.05) is 0 Å². The molecule has 4 rings (SSSR count). The van der Waals surface area contributed by atoms with Gasteiger partial charge in [0.15, 0.2) is 0 Å². The number of nitrogens with one attached hydrogen (secondary N) is 1. The fourth-order valence-corrected chi connectivity index (χ4v) is 5.99. The van der Waals surface area contributed by atoms with Gasteiger partial charge in [-0.05, 0) is 68.3 Å². The fourth-order valence-electron chi connectivity index (χ4n) is 4.45. The summed E-state index contributed by atoms with van der Waals surface area (Å²) in [7, 11) is 1.40. The van der Waals surface area contributed by atoms with Crippen molar-refractivity contribution < 1.29 is 14.3 Å². The first-order valence-corrected chi connectivity index (χ1v) is 12.2. The average molecular weight is 491 g/mol. The van der Waals surface area contributed by atoms with Crippen molar-refractivity contribution in [3.05, 3.63) is 50.3 Å². The molecule has 2 aromatic rings. The van der Waals surface area contributed by atoms with Gasteiger partial charge in [0.25, 0.3) is 0 Å². The Morgan fingerprint density at radius 2 is 1.97 bits per heavy atom. The molecule has 1 fully saturated rings. The second-order valence-electron chi connectivity index (χ2n) is 8.10. The lowest BCUT2D eigenvalue weighted by Gasteiger charge is -2.32. The minimum atomic E-state index is -0.342. The van der Waals surface area contributed by atoms with E-state index in [1.165, 1.54) is 17.6 Å². The molecular weight excluding hydrogens is 464 g/mol. The third kappa shape index (κ3) is 4.79. The lowest BCUT2D eigenvalue weighted by Crippen LogP contribution is -2.40. The molecule has 1 N–H and O–H groups in total. The van der Waals surface area contributed by atoms with E-state index in [0.717, 1.165) is 68.2 Å². The third-order valence-corrected chi connectivity index (χ3v) is 7.73. The second kappa shape index (κ2) is 9.62. The molecule has 1 atom stereocenters. The number of methoxy groups -OCH3 is 1. The topological polar surface area (TPSA) is 58.6 Å². The molecule has 2 aliphatic rings. The highest BCUT2D eigenvalue weighted by atomic mass is 79.9. The zero-order chi connectivity index (χ0) is 21.1. The van der Waals surface area contributed by atoms with Gasteiger partial charge in [-0.1, -0.05) is 28.1 Å². The van der Waals surface area contributed by atoms with E-state index < -0.39 is 0 Å². The van der Waals surface area contributed by atoms with Crippen LogP contribution in [-0.2, 0) is 28.9 Å². The molecule has 7 heteroatoms. The van der Waals surface area contributed by atoms with Crippen molar-refractivity contribution in [2.75, 3.05) is 25.5 Å². The number of hydrogen-bond acceptors (Lipinski definition) is 5. The molecule has 2 heterocycles. The van der Waals surface area contributed by atoms with Gasteiger partial charge >= 0.3 is 5.97 Å². The van der Waals surface area contributed by atoms with Crippen molar-refractivity contribution in [1.82, 2.24) is 4.90 Å². The number of hydrogen-bond donors (Lipinski definition) is 1. The first kappa shape index (κ1) is 21.5. The van der Waals surface area contributed by atoms with Crippen molar-refractivity contribution in [2.24, 2.45) is 5.92 Å². The lowest BCUT2D eigenvalue weighted by atomic mass is 9.95. The Morgan fingerprint density at radius 3 is 2.73 bits per heavy atom. The summed E-state index contributed by atoms with van der Waals surface area (Å²) in [5.74, 6) is -0.400. The van der Waals surface area contributed by atoms with Gasteiger partial charge in [-0.2, -0.15) is 0 Å². The summed E-state index contributed by atoms with van der Waals surface area (Å²) in [6.45, 7) is 2.58. The van der Waals surface area contributed by atoms with Crippen LogP contribution in [0.25, 0.3) is 0 Å². The molecule has 0 spiro atoms. The summed E-state index contributed by atoms with van der Waals surface area (Å²) in [5.41, 5.74) is 2.90. The number of halogens is 1. The summed E-state index contributed by atoms with van der Waals surface area (Å²) in [4.78, 5) is 29.1. The molecule has 1 amide bonds. The van der Waals surface area contributed by atoms with Crippen LogP contribution >= 0.6 is 27.3 Å². The Morgan fingerprint density at radius 1 is 1.20 bits per heavy atom. The normalized spacial score (nSPS) is 19.2. The first-order valence-electron chi connectivity index (χ1n) is 10.6. The molecule has 1 unspecified atom stereocenters. The predicted molar refractivity (Wildman–Crippen MR) is 123 cm³/mol. The summed E-state index contributed by atoms with van der Waals surface area (Å²) in [6, 6.07) is 8.34. The highest BCUT2D eigenvalue weighted by molar-refractivity contribution is 9.10. The van der Waals surface area contributed by atoms with Crippen LogP contribution in [0.1, 0.15) is 52.0 Å². The van der Waals surface area contributed by atoms with Gasteiger partial charge in [0.2, 0.25) is 5.91 Å². The van der Waals surface area contributed by atoms with Crippen molar-refractivity contribution in [1.29, 1.82) is 0 Å². The third-order valence-electron chi connectivity index (χ3n) is 5.99. The highest BCUT2D eigenvalue weighted by Crippen LogP contribution is 2.39. The van der Waals surface area contributed by atoms with E-state index in [2.05, 4.69) is 50.4 Å². The number of aryl methyl sites for hydroxylation is 1. The molecule has 1 aromatic carbocycles. The van der Waals surface area contributed by atoms with Crippen LogP contribution in [0.5, 0.6) is 0 Å². The summed E-state index contributed by atoms with van der Waals surface area (Å²) in [5, 5.41) is 3.76. The van der Waals surface area contributed by atoms with E-state index in [0.29, 0.717) is 10.6 Å². The molecular formula is C23H27BrN2O3S. The Kier molecular flexibility index (Phi) is 6.91. The summed E-state index contributed by atoms with van der Waals surface area (Å²) < 4.78 is 6.10. The zero-order valence-corrected chi connectivity index (χ0v) is 19.6. The maximum atomic E-state index is 13.1. The number of thiophene rings is 1. The van der Waals surface area contributed by atoms with Gasteiger partial charge in [0, 0.05) is 22.4 Å². The zero-order valence-electron chi connectivity index (χ0n) is 17.2. The van der Waals surface area contributed by atoms with Gasteiger partial charge in [-0.25, -0.2) is 4.79 Å². The molecule has 5 nitrogen and oxygen atoms in total. The quantitative estimate of drug-likeness (QED) is 0.597. The smallest absolute Gasteiger partial charge is 0.341 e. The van der Waals surface area contributed by atoms with Crippen molar-refractivity contribution >= 4 is 44.1 Å². The van der Waals surface area contributed by atoms with Crippen LogP contribution in [0, 0.1) is 5.92 Å². The number of piperidine rings is 1. The van der Waals surface area contributed by atoms with E-state index in [9.17, 15) is 9.59 Å². The molecule has 30 heavy (non-hydrogen) atoms. The van der Waals surface area contributed by atoms with Crippen LogP contribution in [-0.4, -0.2) is 37.0 Å². The van der Waals surface area contributed by atoms with Crippen molar-refractivity contribution in [2.45, 2.75) is 45.1 Å². The number of amides is 1. The average Bonchev–Trinajstić information content (AvgIpc) is 3.13. The van der Waals surface area contributed by atoms with E-state index in [-0.39, 0.29) is 17.8 Å². The minimum Gasteiger partial charge on any atom is -0.465 e. The number of nitrogens with zero attached hydrogens (tertiary/aromatic N) is 1. The monoisotopic (exact) mass is 490 g/mol. The van der Waals surface area contributed by atoms with Gasteiger partial charge in [-0.15, -0.1) is 11.3 Å². The van der Waals surface area contributed by atoms with Crippen LogP contribution in [0.15, 0.2) is 28.7 Å². The van der Waals surface area contributed by atoms with Crippen LogP contribution in [0.3, 0.4) is 0 Å². The van der Waals surface area contributed by atoms with Crippen molar-refractivity contribution in [3.8, 4) is 0 Å².